The van der Waals surface area contributed by atoms with Crippen LogP contribution in [0.25, 0.3) is 16.9 Å². The minimum absolute atomic E-state index is 0.0844. The Hall–Kier alpha value is -3.18. The number of ether oxygens (including phenoxy) is 1. The molecule has 1 N–H and O–H groups in total. The van der Waals surface area contributed by atoms with E-state index in [1.165, 1.54) is 30.0 Å². The fourth-order valence-corrected chi connectivity index (χ4v) is 3.04. The van der Waals surface area contributed by atoms with E-state index in [9.17, 15) is 19.6 Å². The number of benzene rings is 2. The maximum absolute atomic E-state index is 13.4. The van der Waals surface area contributed by atoms with Crippen molar-refractivity contribution in [1.82, 2.24) is 9.78 Å². The van der Waals surface area contributed by atoms with E-state index in [1.54, 1.807) is 24.3 Å². The minimum atomic E-state index is -1.33. The standard InChI is InChI=1S/C18H11BrFN3O3/c1-26-12-5-2-10(3-6-12)17-13(9-21)16(18(24)25)22-23(17)15-7-4-11(20)8-14(15)19/h2-8H,1H3,(H,24,25). The molecule has 0 saturated heterocycles. The van der Waals surface area contributed by atoms with E-state index in [2.05, 4.69) is 21.0 Å². The molecule has 3 rings (SSSR count). The molecule has 0 aliphatic carbocycles. The third kappa shape index (κ3) is 3.05. The second-order valence-corrected chi connectivity index (χ2v) is 6.08. The molecule has 0 amide bonds. The fourth-order valence-electron chi connectivity index (χ4n) is 2.52. The van der Waals surface area contributed by atoms with Gasteiger partial charge in [0.2, 0.25) is 0 Å². The molecule has 130 valence electrons. The number of halogens is 2. The monoisotopic (exact) mass is 415 g/mol. The second-order valence-electron chi connectivity index (χ2n) is 5.23. The first kappa shape index (κ1) is 17.6. The summed E-state index contributed by atoms with van der Waals surface area (Å²) in [6.07, 6.45) is 0. The van der Waals surface area contributed by atoms with Crippen molar-refractivity contribution >= 4 is 21.9 Å². The number of carboxylic acids is 1. The zero-order chi connectivity index (χ0) is 18.8. The lowest BCUT2D eigenvalue weighted by molar-refractivity contribution is 0.0689. The number of carboxylic acid groups (broad SMARTS) is 1. The summed E-state index contributed by atoms with van der Waals surface area (Å²) in [6, 6.07) is 12.6. The van der Waals surface area contributed by atoms with Gasteiger partial charge in [-0.05, 0) is 58.4 Å². The van der Waals surface area contributed by atoms with Gasteiger partial charge in [-0.25, -0.2) is 13.9 Å². The Morgan fingerprint density at radius 1 is 1.31 bits per heavy atom. The van der Waals surface area contributed by atoms with E-state index in [-0.39, 0.29) is 11.3 Å². The van der Waals surface area contributed by atoms with Crippen LogP contribution in [0.5, 0.6) is 5.75 Å². The van der Waals surface area contributed by atoms with Gasteiger partial charge >= 0.3 is 5.97 Å². The predicted octanol–water partition coefficient (Wildman–Crippen LogP) is 4.02. The second kappa shape index (κ2) is 6.98. The van der Waals surface area contributed by atoms with E-state index in [1.807, 2.05) is 6.07 Å². The summed E-state index contributed by atoms with van der Waals surface area (Å²) in [7, 11) is 1.53. The number of hydrogen-bond acceptors (Lipinski definition) is 4. The lowest BCUT2D eigenvalue weighted by Gasteiger charge is -2.10. The summed E-state index contributed by atoms with van der Waals surface area (Å²) in [6.45, 7) is 0. The summed E-state index contributed by atoms with van der Waals surface area (Å²) < 4.78 is 20.2. The van der Waals surface area contributed by atoms with Crippen LogP contribution in [0, 0.1) is 17.1 Å². The van der Waals surface area contributed by atoms with Crippen molar-refractivity contribution < 1.29 is 19.0 Å². The highest BCUT2D eigenvalue weighted by Crippen LogP contribution is 2.32. The number of rotatable bonds is 4. The number of carbonyl (C=O) groups is 1. The van der Waals surface area contributed by atoms with Gasteiger partial charge in [0.1, 0.15) is 23.2 Å². The first-order valence-corrected chi connectivity index (χ1v) is 8.11. The zero-order valence-corrected chi connectivity index (χ0v) is 15.0. The number of methoxy groups -OCH3 is 1. The summed E-state index contributed by atoms with van der Waals surface area (Å²) in [5.41, 5.74) is 0.799. The van der Waals surface area contributed by atoms with Gasteiger partial charge in [-0.1, -0.05) is 0 Å². The molecule has 1 aromatic heterocycles. The van der Waals surface area contributed by atoms with Gasteiger partial charge in [0.15, 0.2) is 5.69 Å². The highest BCUT2D eigenvalue weighted by Gasteiger charge is 2.25. The van der Waals surface area contributed by atoms with Gasteiger partial charge in [-0.2, -0.15) is 10.4 Å². The van der Waals surface area contributed by atoms with Gasteiger partial charge in [0.25, 0.3) is 0 Å². The number of aromatic nitrogens is 2. The topological polar surface area (TPSA) is 88.1 Å². The molecule has 26 heavy (non-hydrogen) atoms. The van der Waals surface area contributed by atoms with Crippen molar-refractivity contribution in [3.8, 4) is 28.8 Å². The molecule has 8 heteroatoms. The largest absolute Gasteiger partial charge is 0.497 e. The molecule has 3 aromatic rings. The Morgan fingerprint density at radius 3 is 2.54 bits per heavy atom. The average molecular weight is 416 g/mol. The van der Waals surface area contributed by atoms with Crippen molar-refractivity contribution in [3.63, 3.8) is 0 Å². The SMILES string of the molecule is COc1ccc(-c2c(C#N)c(C(=O)O)nn2-c2ccc(F)cc2Br)cc1. The minimum Gasteiger partial charge on any atom is -0.497 e. The number of nitrogens with zero attached hydrogens (tertiary/aromatic N) is 3. The molecule has 6 nitrogen and oxygen atoms in total. The molecular formula is C18H11BrFN3O3. The highest BCUT2D eigenvalue weighted by atomic mass is 79.9. The molecule has 0 radical (unpaired) electrons. The van der Waals surface area contributed by atoms with Crippen molar-refractivity contribution in [2.75, 3.05) is 7.11 Å². The van der Waals surface area contributed by atoms with E-state index < -0.39 is 11.8 Å². The van der Waals surface area contributed by atoms with Crippen LogP contribution in [0.3, 0.4) is 0 Å². The van der Waals surface area contributed by atoms with Crippen LogP contribution >= 0.6 is 15.9 Å². The zero-order valence-electron chi connectivity index (χ0n) is 13.4. The van der Waals surface area contributed by atoms with Crippen LogP contribution in [0.15, 0.2) is 46.9 Å². The van der Waals surface area contributed by atoms with E-state index in [4.69, 9.17) is 4.74 Å². The number of aromatic carboxylic acids is 1. The maximum Gasteiger partial charge on any atom is 0.357 e. The van der Waals surface area contributed by atoms with Crippen LogP contribution in [0.2, 0.25) is 0 Å². The van der Waals surface area contributed by atoms with Crippen molar-refractivity contribution in [2.24, 2.45) is 0 Å². The molecule has 1 heterocycles. The third-order valence-corrected chi connectivity index (χ3v) is 4.34. The Morgan fingerprint density at radius 2 is 2.00 bits per heavy atom. The molecule has 0 aliphatic heterocycles. The smallest absolute Gasteiger partial charge is 0.357 e. The van der Waals surface area contributed by atoms with Crippen molar-refractivity contribution in [2.45, 2.75) is 0 Å². The van der Waals surface area contributed by atoms with E-state index in [0.717, 1.165) is 0 Å². The Balaban J connectivity index is 2.33. The predicted molar refractivity (Wildman–Crippen MR) is 94.9 cm³/mol. The number of nitriles is 1. The lowest BCUT2D eigenvalue weighted by Crippen LogP contribution is -2.03. The van der Waals surface area contributed by atoms with Gasteiger partial charge in [-0.3, -0.25) is 0 Å². The molecule has 0 saturated carbocycles. The van der Waals surface area contributed by atoms with Crippen LogP contribution in [0.4, 0.5) is 4.39 Å². The van der Waals surface area contributed by atoms with E-state index >= 15 is 0 Å². The van der Waals surface area contributed by atoms with Gasteiger partial charge in [-0.15, -0.1) is 0 Å². The molecular weight excluding hydrogens is 405 g/mol. The highest BCUT2D eigenvalue weighted by molar-refractivity contribution is 9.10. The number of hydrogen-bond donors (Lipinski definition) is 1. The van der Waals surface area contributed by atoms with Crippen LogP contribution in [-0.4, -0.2) is 28.0 Å². The normalized spacial score (nSPS) is 10.4. The molecule has 2 aromatic carbocycles. The Labute approximate surface area is 156 Å². The first-order chi connectivity index (χ1) is 12.5. The molecule has 0 atom stereocenters. The van der Waals surface area contributed by atoms with Crippen LogP contribution in [0.1, 0.15) is 16.1 Å². The van der Waals surface area contributed by atoms with Gasteiger partial charge in [0.05, 0.1) is 18.5 Å². The molecule has 0 aliphatic rings. The summed E-state index contributed by atoms with van der Waals surface area (Å²) in [4.78, 5) is 11.5. The average Bonchev–Trinajstić information content (AvgIpc) is 3.01. The molecule has 0 bridgehead atoms. The fraction of sp³-hybridized carbons (Fsp3) is 0.0556. The van der Waals surface area contributed by atoms with Crippen LogP contribution in [-0.2, 0) is 0 Å². The van der Waals surface area contributed by atoms with Crippen molar-refractivity contribution in [3.05, 3.63) is 64.0 Å². The Kier molecular flexibility index (Phi) is 4.73. The maximum atomic E-state index is 13.4. The van der Waals surface area contributed by atoms with Gasteiger partial charge < -0.3 is 9.84 Å². The van der Waals surface area contributed by atoms with Crippen molar-refractivity contribution in [1.29, 1.82) is 5.26 Å². The quantitative estimate of drug-likeness (QED) is 0.694. The summed E-state index contributed by atoms with van der Waals surface area (Å²) in [5, 5.41) is 23.0. The lowest BCUT2D eigenvalue weighted by atomic mass is 10.1. The Bertz CT molecular complexity index is 1040. The summed E-state index contributed by atoms with van der Waals surface area (Å²) >= 11 is 3.25. The third-order valence-electron chi connectivity index (χ3n) is 3.70. The molecule has 0 unspecified atom stereocenters. The molecule has 0 fully saturated rings. The van der Waals surface area contributed by atoms with E-state index in [0.29, 0.717) is 27.2 Å². The molecule has 0 spiro atoms. The van der Waals surface area contributed by atoms with Crippen LogP contribution < -0.4 is 4.74 Å². The summed E-state index contributed by atoms with van der Waals surface area (Å²) in [5.74, 6) is -1.18. The van der Waals surface area contributed by atoms with Gasteiger partial charge in [0, 0.05) is 10.0 Å². The first-order valence-electron chi connectivity index (χ1n) is 7.32.